The minimum atomic E-state index is -0.752. The molecule has 0 aliphatic carbocycles. The molecule has 1 aromatic carbocycles. The Morgan fingerprint density at radius 3 is 2.17 bits per heavy atom. The van der Waals surface area contributed by atoms with Gasteiger partial charge in [-0.1, -0.05) is 79.2 Å². The van der Waals surface area contributed by atoms with E-state index >= 15 is 0 Å². The van der Waals surface area contributed by atoms with Crippen molar-refractivity contribution in [3.8, 4) is 10.4 Å². The van der Waals surface area contributed by atoms with Gasteiger partial charge in [-0.3, -0.25) is 19.2 Å². The summed E-state index contributed by atoms with van der Waals surface area (Å²) in [5.41, 5.74) is 9.51. The Balaban J connectivity index is 0.00000103. The smallest absolute Gasteiger partial charge is 0.243 e. The largest absolute Gasteiger partial charge is 0.391 e. The average molecular weight is 592 g/mol. The molecule has 2 atom stereocenters. The lowest BCUT2D eigenvalue weighted by atomic mass is 9.94. The summed E-state index contributed by atoms with van der Waals surface area (Å²) in [7, 11) is 0. The van der Waals surface area contributed by atoms with Gasteiger partial charge in [0.15, 0.2) is 0 Å². The van der Waals surface area contributed by atoms with Crippen molar-refractivity contribution in [2.75, 3.05) is 13.1 Å². The maximum Gasteiger partial charge on any atom is 0.243 e. The van der Waals surface area contributed by atoms with E-state index in [1.807, 2.05) is 36.7 Å². The van der Waals surface area contributed by atoms with Crippen LogP contribution in [0.25, 0.3) is 10.4 Å². The van der Waals surface area contributed by atoms with E-state index in [-0.39, 0.29) is 31.8 Å². The summed E-state index contributed by atoms with van der Waals surface area (Å²) in [6.45, 7) is 17.6. The molecule has 1 unspecified atom stereocenters. The minimum Gasteiger partial charge on any atom is -0.391 e. The number of rotatable bonds is 7. The molecule has 1 aromatic heterocycles. The Morgan fingerprint density at radius 1 is 1.20 bits per heavy atom. The van der Waals surface area contributed by atoms with Gasteiger partial charge < -0.3 is 26.4 Å². The van der Waals surface area contributed by atoms with E-state index in [2.05, 4.69) is 69.8 Å². The van der Waals surface area contributed by atoms with E-state index in [1.54, 1.807) is 11.3 Å². The average Bonchev–Trinajstić information content (AvgIpc) is 3.51. The number of aliphatic hydroxyl groups is 1. The van der Waals surface area contributed by atoms with Crippen LogP contribution in [-0.2, 0) is 25.7 Å². The van der Waals surface area contributed by atoms with Crippen molar-refractivity contribution in [2.45, 2.75) is 86.9 Å². The molecule has 0 saturated carbocycles. The number of nitrogens with zero attached hydrogens (tertiary/aromatic N) is 2. The number of β-amino-alcohol motifs (C(OH)–C–C–N with tert-alkyl or cyclic N) is 1. The summed E-state index contributed by atoms with van der Waals surface area (Å²) < 4.78 is 0. The zero-order valence-electron chi connectivity index (χ0n) is 25.8. The van der Waals surface area contributed by atoms with Crippen LogP contribution in [0.15, 0.2) is 29.8 Å². The standard InChI is InChI=1S/C19H22N4O4S.C6H14.C4H10.CH3NO/c1-12-18(28-11-22-12)14-4-2-13(3-5-14)7-21-19(27)16-6-15(25)9-23(16)17(26)8-20-10-24;1-5-6(2,3)4;1-4(2)3;2-1-3/h2-5,10-11,15-16,25H,6-9H2,1H3,(H,20,24)(H,21,27);5H2,1-4H3;4H,1-3H3;1H,(H2,2,3)/t15?,16-;;;/m0.../s1. The number of aromatic nitrogens is 1. The van der Waals surface area contributed by atoms with Crippen molar-refractivity contribution in [1.82, 2.24) is 20.5 Å². The molecule has 0 radical (unpaired) electrons. The normalized spacial score (nSPS) is 15.7. The van der Waals surface area contributed by atoms with Gasteiger partial charge >= 0.3 is 0 Å². The van der Waals surface area contributed by atoms with Crippen molar-refractivity contribution >= 4 is 36.0 Å². The summed E-state index contributed by atoms with van der Waals surface area (Å²) in [4.78, 5) is 50.3. The first kappa shape index (κ1) is 37.7. The van der Waals surface area contributed by atoms with Crippen LogP contribution in [0.3, 0.4) is 0 Å². The second-order valence-electron chi connectivity index (χ2n) is 11.4. The minimum absolute atomic E-state index is 0.0837. The highest BCUT2D eigenvalue weighted by Crippen LogP contribution is 2.27. The van der Waals surface area contributed by atoms with Crippen LogP contribution in [0.5, 0.6) is 0 Å². The number of primary amides is 1. The third-order valence-corrected chi connectivity index (χ3v) is 6.71. The van der Waals surface area contributed by atoms with Gasteiger partial charge in [0.2, 0.25) is 24.6 Å². The predicted octanol–water partition coefficient (Wildman–Crippen LogP) is 3.65. The van der Waals surface area contributed by atoms with Crippen molar-refractivity contribution in [2.24, 2.45) is 17.1 Å². The number of aliphatic hydroxyl groups excluding tert-OH is 1. The number of nitrogens with one attached hydrogen (secondary N) is 2. The first-order chi connectivity index (χ1) is 19.2. The molecular weight excluding hydrogens is 542 g/mol. The first-order valence-corrected chi connectivity index (χ1v) is 14.7. The van der Waals surface area contributed by atoms with Gasteiger partial charge in [0, 0.05) is 19.5 Å². The van der Waals surface area contributed by atoms with Crippen LogP contribution in [-0.4, -0.2) is 64.9 Å². The fourth-order valence-corrected chi connectivity index (χ4v) is 4.04. The van der Waals surface area contributed by atoms with E-state index in [4.69, 9.17) is 4.79 Å². The first-order valence-electron chi connectivity index (χ1n) is 13.8. The molecule has 4 amide bonds. The molecule has 0 spiro atoms. The van der Waals surface area contributed by atoms with Crippen molar-refractivity contribution < 1.29 is 24.3 Å². The number of aryl methyl sites for hydroxylation is 1. The van der Waals surface area contributed by atoms with Gasteiger partial charge in [0.05, 0.1) is 28.7 Å². The fraction of sp³-hybridized carbons (Fsp3) is 0.567. The number of hydrogen-bond donors (Lipinski definition) is 4. The molecule has 1 fully saturated rings. The Morgan fingerprint density at radius 2 is 1.73 bits per heavy atom. The van der Waals surface area contributed by atoms with Crippen molar-refractivity contribution in [1.29, 1.82) is 0 Å². The number of hydrogen-bond acceptors (Lipinski definition) is 7. The summed E-state index contributed by atoms with van der Waals surface area (Å²) in [5.74, 6) is 0.117. The third-order valence-electron chi connectivity index (χ3n) is 5.73. The number of nitrogens with two attached hydrogens (primary N) is 1. The van der Waals surface area contributed by atoms with Crippen LogP contribution in [0.4, 0.5) is 0 Å². The number of thiazole rings is 1. The predicted molar refractivity (Wildman–Crippen MR) is 165 cm³/mol. The van der Waals surface area contributed by atoms with E-state index in [0.29, 0.717) is 18.4 Å². The quantitative estimate of drug-likeness (QED) is 0.360. The lowest BCUT2D eigenvalue weighted by Gasteiger charge is -2.23. The summed E-state index contributed by atoms with van der Waals surface area (Å²) >= 11 is 1.58. The zero-order chi connectivity index (χ0) is 31.6. The van der Waals surface area contributed by atoms with Crippen LogP contribution in [0.2, 0.25) is 0 Å². The molecule has 0 bridgehead atoms. The van der Waals surface area contributed by atoms with Gasteiger partial charge in [-0.05, 0) is 29.4 Å². The Bertz CT molecular complexity index is 1050. The molecule has 2 aromatic rings. The molecule has 2 heterocycles. The Hall–Kier alpha value is -3.31. The number of benzene rings is 1. The highest BCUT2D eigenvalue weighted by Gasteiger charge is 2.38. The number of carbonyl (C=O) groups is 4. The van der Waals surface area contributed by atoms with Crippen LogP contribution < -0.4 is 16.4 Å². The van der Waals surface area contributed by atoms with Crippen LogP contribution >= 0.6 is 11.3 Å². The molecule has 1 saturated heterocycles. The summed E-state index contributed by atoms with van der Waals surface area (Å²) in [6.07, 6.45) is 1.38. The number of carbonyl (C=O) groups excluding carboxylic acids is 4. The van der Waals surface area contributed by atoms with Crippen molar-refractivity contribution in [3.05, 3.63) is 41.0 Å². The summed E-state index contributed by atoms with van der Waals surface area (Å²) in [5, 5.41) is 15.0. The second-order valence-corrected chi connectivity index (χ2v) is 12.3. The topological polar surface area (TPSA) is 155 Å². The highest BCUT2D eigenvalue weighted by atomic mass is 32.1. The highest BCUT2D eigenvalue weighted by molar-refractivity contribution is 7.13. The lowest BCUT2D eigenvalue weighted by Crippen LogP contribution is -2.48. The zero-order valence-corrected chi connectivity index (χ0v) is 26.6. The monoisotopic (exact) mass is 591 g/mol. The van der Waals surface area contributed by atoms with Crippen LogP contribution in [0.1, 0.15) is 72.6 Å². The second kappa shape index (κ2) is 19.7. The van der Waals surface area contributed by atoms with Crippen LogP contribution in [0, 0.1) is 18.3 Å². The molecule has 1 aliphatic rings. The molecule has 1 aliphatic heterocycles. The molecule has 41 heavy (non-hydrogen) atoms. The summed E-state index contributed by atoms with van der Waals surface area (Å²) in [6, 6.07) is 7.12. The van der Waals surface area contributed by atoms with E-state index in [0.717, 1.165) is 27.6 Å². The van der Waals surface area contributed by atoms with E-state index in [1.165, 1.54) is 11.3 Å². The van der Waals surface area contributed by atoms with Gasteiger partial charge in [0.25, 0.3) is 0 Å². The number of likely N-dealkylation sites (tertiary alicyclic amines) is 1. The molecule has 5 N–H and O–H groups in total. The molecule has 10 nitrogen and oxygen atoms in total. The van der Waals surface area contributed by atoms with E-state index in [9.17, 15) is 19.5 Å². The molecule has 230 valence electrons. The van der Waals surface area contributed by atoms with Gasteiger partial charge in [-0.15, -0.1) is 11.3 Å². The molecule has 3 rings (SSSR count). The maximum absolute atomic E-state index is 12.5. The SMILES string of the molecule is CC(C)C.CCC(C)(C)C.Cc1ncsc1-c1ccc(CNC(=O)[C@@H]2CC(O)CN2C(=O)CNC=O)cc1.NC=O. The van der Waals surface area contributed by atoms with Gasteiger partial charge in [0.1, 0.15) is 6.04 Å². The van der Waals surface area contributed by atoms with E-state index < -0.39 is 18.1 Å². The fourth-order valence-electron chi connectivity index (χ4n) is 3.23. The lowest BCUT2D eigenvalue weighted by molar-refractivity contribution is -0.138. The Labute approximate surface area is 249 Å². The van der Waals surface area contributed by atoms with Gasteiger partial charge in [-0.2, -0.15) is 0 Å². The third kappa shape index (κ3) is 15.9. The number of amides is 4. The molecule has 11 heteroatoms. The molecular formula is C30H49N5O5S. The van der Waals surface area contributed by atoms with Crippen molar-refractivity contribution in [3.63, 3.8) is 0 Å². The Kier molecular flexibility index (Phi) is 18.1. The maximum atomic E-state index is 12.5. The van der Waals surface area contributed by atoms with Gasteiger partial charge in [-0.25, -0.2) is 4.98 Å².